The molecule has 0 aliphatic heterocycles. The summed E-state index contributed by atoms with van der Waals surface area (Å²) in [5, 5.41) is 0.602. The van der Waals surface area contributed by atoms with Crippen LogP contribution in [0.4, 0.5) is 4.39 Å². The summed E-state index contributed by atoms with van der Waals surface area (Å²) in [4.78, 5) is 1.23. The van der Waals surface area contributed by atoms with Gasteiger partial charge in [-0.25, -0.2) is 12.8 Å². The fourth-order valence-corrected chi connectivity index (χ4v) is 4.07. The van der Waals surface area contributed by atoms with E-state index in [4.69, 9.17) is 11.6 Å². The van der Waals surface area contributed by atoms with E-state index in [2.05, 4.69) is 0 Å². The molecule has 0 radical (unpaired) electrons. The minimum Gasteiger partial charge on any atom is -0.322 e. The highest BCUT2D eigenvalue weighted by molar-refractivity contribution is 7.99. The summed E-state index contributed by atoms with van der Waals surface area (Å²) < 4.78 is 39.2. The van der Waals surface area contributed by atoms with Gasteiger partial charge < -0.3 is 4.40 Å². The molecule has 0 aliphatic rings. The molecule has 2 heterocycles. The summed E-state index contributed by atoms with van der Waals surface area (Å²) >= 11 is 7.30. The summed E-state index contributed by atoms with van der Waals surface area (Å²) in [5.74, 6) is -0.557. The van der Waals surface area contributed by atoms with Gasteiger partial charge >= 0.3 is 0 Å². The molecule has 120 valence electrons. The molecule has 1 aromatic carbocycles. The van der Waals surface area contributed by atoms with Crippen LogP contribution in [-0.2, 0) is 9.84 Å². The SMILES string of the molecule is Cc1cn2ccc(Cl)cc2c1Sc1ccc(S(C)(=O)=O)cc1F. The number of aryl methyl sites for hydroxylation is 1. The van der Waals surface area contributed by atoms with Crippen LogP contribution >= 0.6 is 23.4 Å². The van der Waals surface area contributed by atoms with Gasteiger partial charge in [0.1, 0.15) is 5.82 Å². The van der Waals surface area contributed by atoms with Crippen molar-refractivity contribution in [1.29, 1.82) is 0 Å². The van der Waals surface area contributed by atoms with Crippen LogP contribution in [0.3, 0.4) is 0 Å². The Labute approximate surface area is 143 Å². The molecule has 0 fully saturated rings. The van der Waals surface area contributed by atoms with Crippen LogP contribution in [0.2, 0.25) is 5.02 Å². The van der Waals surface area contributed by atoms with E-state index >= 15 is 0 Å². The average molecular weight is 370 g/mol. The Morgan fingerprint density at radius 2 is 1.96 bits per heavy atom. The molecule has 0 bridgehead atoms. The lowest BCUT2D eigenvalue weighted by Crippen LogP contribution is -1.98. The van der Waals surface area contributed by atoms with Crippen molar-refractivity contribution in [3.63, 3.8) is 0 Å². The van der Waals surface area contributed by atoms with Gasteiger partial charge in [0, 0.05) is 33.5 Å². The van der Waals surface area contributed by atoms with Crippen molar-refractivity contribution in [2.75, 3.05) is 6.26 Å². The van der Waals surface area contributed by atoms with E-state index in [0.29, 0.717) is 9.92 Å². The third-order valence-corrected chi connectivity index (χ3v) is 6.05. The number of fused-ring (bicyclic) bond motifs is 1. The monoisotopic (exact) mass is 369 g/mol. The Bertz CT molecular complexity index is 1010. The van der Waals surface area contributed by atoms with Gasteiger partial charge in [0.15, 0.2) is 9.84 Å². The molecule has 0 atom stereocenters. The van der Waals surface area contributed by atoms with Gasteiger partial charge in [-0.1, -0.05) is 23.4 Å². The molecule has 7 heteroatoms. The van der Waals surface area contributed by atoms with Crippen molar-refractivity contribution in [3.8, 4) is 0 Å². The Balaban J connectivity index is 2.06. The molecule has 0 saturated carbocycles. The number of pyridine rings is 1. The Hall–Kier alpha value is -1.50. The minimum absolute atomic E-state index is 0.0270. The van der Waals surface area contributed by atoms with Crippen molar-refractivity contribution in [2.24, 2.45) is 0 Å². The Morgan fingerprint density at radius 3 is 2.61 bits per heavy atom. The first-order valence-electron chi connectivity index (χ1n) is 6.70. The van der Waals surface area contributed by atoms with Gasteiger partial charge in [0.05, 0.1) is 10.4 Å². The third kappa shape index (κ3) is 3.24. The first kappa shape index (κ1) is 16.4. The highest BCUT2D eigenvalue weighted by atomic mass is 35.5. The van der Waals surface area contributed by atoms with Gasteiger partial charge in [0.2, 0.25) is 0 Å². The quantitative estimate of drug-likeness (QED) is 0.677. The summed E-state index contributed by atoms with van der Waals surface area (Å²) in [6.45, 7) is 1.94. The third-order valence-electron chi connectivity index (χ3n) is 3.41. The number of benzene rings is 1. The number of nitrogens with zero attached hydrogens (tertiary/aromatic N) is 1. The van der Waals surface area contributed by atoms with Gasteiger partial charge in [0.25, 0.3) is 0 Å². The zero-order valence-electron chi connectivity index (χ0n) is 12.4. The van der Waals surface area contributed by atoms with Gasteiger partial charge in [-0.2, -0.15) is 0 Å². The van der Waals surface area contributed by atoms with Crippen LogP contribution < -0.4 is 0 Å². The second-order valence-corrected chi connectivity index (χ2v) is 8.75. The lowest BCUT2D eigenvalue weighted by Gasteiger charge is -2.06. The van der Waals surface area contributed by atoms with Crippen molar-refractivity contribution in [3.05, 3.63) is 59.1 Å². The largest absolute Gasteiger partial charge is 0.322 e. The first-order valence-corrected chi connectivity index (χ1v) is 9.78. The molecule has 0 amide bonds. The van der Waals surface area contributed by atoms with Crippen molar-refractivity contribution >= 4 is 38.7 Å². The zero-order chi connectivity index (χ0) is 16.8. The van der Waals surface area contributed by atoms with E-state index in [0.717, 1.165) is 28.3 Å². The van der Waals surface area contributed by atoms with E-state index < -0.39 is 15.7 Å². The number of sulfone groups is 1. The molecule has 2 aromatic heterocycles. The van der Waals surface area contributed by atoms with Crippen LogP contribution in [-0.4, -0.2) is 19.1 Å². The Kier molecular flexibility index (Phi) is 4.16. The van der Waals surface area contributed by atoms with Crippen LogP contribution in [0.1, 0.15) is 5.56 Å². The molecule has 0 spiro atoms. The summed E-state index contributed by atoms with van der Waals surface area (Å²) in [6, 6.07) is 7.56. The number of rotatable bonds is 3. The lowest BCUT2D eigenvalue weighted by atomic mass is 10.3. The maximum absolute atomic E-state index is 14.3. The molecular formula is C16H13ClFNO2S2. The summed E-state index contributed by atoms with van der Waals surface area (Å²) in [5.41, 5.74) is 1.87. The van der Waals surface area contributed by atoms with Crippen molar-refractivity contribution in [1.82, 2.24) is 4.40 Å². The highest BCUT2D eigenvalue weighted by Crippen LogP contribution is 2.37. The molecule has 3 rings (SSSR count). The number of halogens is 2. The summed E-state index contributed by atoms with van der Waals surface area (Å²) in [7, 11) is -3.42. The van der Waals surface area contributed by atoms with Gasteiger partial charge in [-0.3, -0.25) is 0 Å². The molecule has 0 N–H and O–H groups in total. The Morgan fingerprint density at radius 1 is 1.22 bits per heavy atom. The van der Waals surface area contributed by atoms with E-state index in [9.17, 15) is 12.8 Å². The fourth-order valence-electron chi connectivity index (χ4n) is 2.29. The van der Waals surface area contributed by atoms with E-state index in [1.807, 2.05) is 29.8 Å². The molecule has 23 heavy (non-hydrogen) atoms. The number of aromatic nitrogens is 1. The molecule has 0 saturated heterocycles. The van der Waals surface area contributed by atoms with Crippen LogP contribution in [0.25, 0.3) is 5.52 Å². The minimum atomic E-state index is -3.42. The zero-order valence-corrected chi connectivity index (χ0v) is 14.8. The second kappa shape index (κ2) is 5.85. The second-order valence-electron chi connectivity index (χ2n) is 5.25. The standard InChI is InChI=1S/C16H13ClFNO2S2/c1-10-9-19-6-5-11(17)7-14(19)16(10)22-15-4-3-12(8-13(15)18)23(2,20)21/h3-9H,1-2H3. The normalized spacial score (nSPS) is 12.0. The fraction of sp³-hybridized carbons (Fsp3) is 0.125. The van der Waals surface area contributed by atoms with E-state index in [1.165, 1.54) is 23.9 Å². The van der Waals surface area contributed by atoms with Gasteiger partial charge in [-0.15, -0.1) is 0 Å². The lowest BCUT2D eigenvalue weighted by molar-refractivity contribution is 0.586. The van der Waals surface area contributed by atoms with Crippen LogP contribution in [0, 0.1) is 12.7 Å². The molecule has 3 aromatic rings. The van der Waals surface area contributed by atoms with Gasteiger partial charge in [-0.05, 0) is 42.8 Å². The molecule has 0 aliphatic carbocycles. The first-order chi connectivity index (χ1) is 10.8. The summed E-state index contributed by atoms with van der Waals surface area (Å²) in [6.07, 6.45) is 4.84. The smallest absolute Gasteiger partial charge is 0.175 e. The highest BCUT2D eigenvalue weighted by Gasteiger charge is 2.15. The van der Waals surface area contributed by atoms with E-state index in [-0.39, 0.29) is 4.90 Å². The average Bonchev–Trinajstić information content (AvgIpc) is 2.76. The van der Waals surface area contributed by atoms with E-state index in [1.54, 1.807) is 6.07 Å². The van der Waals surface area contributed by atoms with Crippen molar-refractivity contribution in [2.45, 2.75) is 21.6 Å². The van der Waals surface area contributed by atoms with Crippen LogP contribution in [0.15, 0.2) is 57.4 Å². The maximum atomic E-state index is 14.3. The molecule has 3 nitrogen and oxygen atoms in total. The topological polar surface area (TPSA) is 38.5 Å². The van der Waals surface area contributed by atoms with Crippen molar-refractivity contribution < 1.29 is 12.8 Å². The number of hydrogen-bond donors (Lipinski definition) is 0. The molecule has 0 unspecified atom stereocenters. The maximum Gasteiger partial charge on any atom is 0.175 e. The van der Waals surface area contributed by atoms with Crippen LogP contribution in [0.5, 0.6) is 0 Å². The predicted molar refractivity (Wildman–Crippen MR) is 90.8 cm³/mol. The number of hydrogen-bond acceptors (Lipinski definition) is 3. The molecular weight excluding hydrogens is 357 g/mol. The predicted octanol–water partition coefficient (Wildman–Crippen LogP) is 4.59.